The van der Waals surface area contributed by atoms with Gasteiger partial charge in [0.05, 0.1) is 30.2 Å². The molecule has 10 heteroatoms. The lowest BCUT2D eigenvalue weighted by Gasteiger charge is -2.53. The molecule has 0 aliphatic carbocycles. The Kier molecular flexibility index (Phi) is 4.99. The van der Waals surface area contributed by atoms with Crippen molar-refractivity contribution in [2.24, 2.45) is 0 Å². The first-order valence-corrected chi connectivity index (χ1v) is 11.0. The maximum Gasteiger partial charge on any atom is 0.495 e. The fourth-order valence-corrected chi connectivity index (χ4v) is 4.52. The van der Waals surface area contributed by atoms with Crippen molar-refractivity contribution < 1.29 is 22.5 Å². The average molecular weight is 409 g/mol. The molecule has 0 N–H and O–H groups in total. The van der Waals surface area contributed by atoms with E-state index in [-0.39, 0.29) is 22.7 Å². The summed E-state index contributed by atoms with van der Waals surface area (Å²) in [5, 5.41) is 0. The predicted molar refractivity (Wildman–Crippen MR) is 108 cm³/mol. The minimum atomic E-state index is -2.40. The average Bonchev–Trinajstić information content (AvgIpc) is 2.81. The van der Waals surface area contributed by atoms with Gasteiger partial charge in [0.1, 0.15) is 11.4 Å². The standard InChI is InChI=1S/C18H28BN3O5S/c1-16(2)17(3,4)27-19(26-16)14-5-6-20-15(9-14)22-7-8-25-18(12-22)10-21(11-18)13-28(23)24/h5-6,9,28H,7-8,10-13H2,1-4H3. The molecule has 0 atom stereocenters. The second kappa shape index (κ2) is 6.95. The van der Waals surface area contributed by atoms with E-state index < -0.39 is 17.8 Å². The topological polar surface area (TPSA) is 81.2 Å². The van der Waals surface area contributed by atoms with E-state index in [1.165, 1.54) is 0 Å². The number of ether oxygens (including phenoxy) is 1. The summed E-state index contributed by atoms with van der Waals surface area (Å²) in [7, 11) is -2.82. The van der Waals surface area contributed by atoms with E-state index in [2.05, 4.69) is 9.88 Å². The van der Waals surface area contributed by atoms with Crippen molar-refractivity contribution >= 4 is 29.1 Å². The molecule has 0 amide bonds. The monoisotopic (exact) mass is 409 g/mol. The highest BCUT2D eigenvalue weighted by atomic mass is 32.2. The number of aromatic nitrogens is 1. The van der Waals surface area contributed by atoms with Crippen LogP contribution in [0.25, 0.3) is 0 Å². The van der Waals surface area contributed by atoms with Gasteiger partial charge in [0.2, 0.25) is 0 Å². The Hall–Kier alpha value is -1.20. The largest absolute Gasteiger partial charge is 0.495 e. The van der Waals surface area contributed by atoms with Crippen molar-refractivity contribution in [3.8, 4) is 0 Å². The molecule has 0 saturated carbocycles. The van der Waals surface area contributed by atoms with Gasteiger partial charge in [0.15, 0.2) is 10.7 Å². The van der Waals surface area contributed by atoms with Gasteiger partial charge < -0.3 is 18.9 Å². The molecule has 3 fully saturated rings. The highest BCUT2D eigenvalue weighted by Crippen LogP contribution is 2.37. The Labute approximate surface area is 168 Å². The number of rotatable bonds is 4. The highest BCUT2D eigenvalue weighted by molar-refractivity contribution is 7.72. The Morgan fingerprint density at radius 1 is 1.14 bits per heavy atom. The minimum Gasteiger partial charge on any atom is -0.399 e. The van der Waals surface area contributed by atoms with Gasteiger partial charge in [0, 0.05) is 25.8 Å². The van der Waals surface area contributed by atoms with E-state index in [1.54, 1.807) is 6.20 Å². The number of likely N-dealkylation sites (tertiary alicyclic amines) is 1. The lowest BCUT2D eigenvalue weighted by Crippen LogP contribution is -2.70. The molecular weight excluding hydrogens is 381 g/mol. The molecule has 3 aliphatic rings. The van der Waals surface area contributed by atoms with Crippen LogP contribution >= 0.6 is 0 Å². The normalized spacial score (nSPS) is 26.0. The molecule has 0 bridgehead atoms. The molecule has 1 aromatic rings. The van der Waals surface area contributed by atoms with Crippen LogP contribution in [0.15, 0.2) is 18.3 Å². The highest BCUT2D eigenvalue weighted by Gasteiger charge is 2.52. The molecule has 8 nitrogen and oxygen atoms in total. The van der Waals surface area contributed by atoms with E-state index in [9.17, 15) is 8.42 Å². The molecule has 1 spiro atoms. The summed E-state index contributed by atoms with van der Waals surface area (Å²) in [6, 6.07) is 3.95. The summed E-state index contributed by atoms with van der Waals surface area (Å²) in [6.07, 6.45) is 1.78. The third kappa shape index (κ3) is 3.68. The van der Waals surface area contributed by atoms with Gasteiger partial charge in [-0.05, 0) is 45.3 Å². The van der Waals surface area contributed by atoms with Gasteiger partial charge in [-0.1, -0.05) is 0 Å². The molecule has 154 valence electrons. The summed E-state index contributed by atoms with van der Waals surface area (Å²) in [6.45, 7) is 11.5. The summed E-state index contributed by atoms with van der Waals surface area (Å²) >= 11 is 0. The van der Waals surface area contributed by atoms with Crippen molar-refractivity contribution in [2.75, 3.05) is 43.6 Å². The second-order valence-corrected chi connectivity index (χ2v) is 9.90. The maximum atomic E-state index is 10.9. The lowest BCUT2D eigenvalue weighted by molar-refractivity contribution is -0.143. The van der Waals surface area contributed by atoms with E-state index in [4.69, 9.17) is 14.0 Å². The SMILES string of the molecule is CC1(C)OB(c2ccnc(N3CCOC4(CN(C[SH](=O)=O)C4)C3)c2)OC1(C)C. The van der Waals surface area contributed by atoms with Crippen LogP contribution in [0.4, 0.5) is 5.82 Å². The quantitative estimate of drug-likeness (QED) is 0.543. The van der Waals surface area contributed by atoms with Gasteiger partial charge in [-0.3, -0.25) is 4.90 Å². The van der Waals surface area contributed by atoms with E-state index in [0.29, 0.717) is 26.2 Å². The van der Waals surface area contributed by atoms with Crippen LogP contribution in [-0.4, -0.2) is 80.9 Å². The number of thiol groups is 1. The predicted octanol–water partition coefficient (Wildman–Crippen LogP) is -0.159. The molecule has 0 aromatic carbocycles. The molecule has 3 aliphatic heterocycles. The van der Waals surface area contributed by atoms with E-state index in [1.807, 2.05) is 44.7 Å². The van der Waals surface area contributed by atoms with Crippen LogP contribution in [0, 0.1) is 0 Å². The van der Waals surface area contributed by atoms with Crippen LogP contribution in [0.3, 0.4) is 0 Å². The van der Waals surface area contributed by atoms with Crippen molar-refractivity contribution in [1.29, 1.82) is 0 Å². The number of hydrogen-bond donors (Lipinski definition) is 1. The van der Waals surface area contributed by atoms with Crippen LogP contribution in [0.2, 0.25) is 0 Å². The van der Waals surface area contributed by atoms with Gasteiger partial charge in [-0.2, -0.15) is 0 Å². The third-order valence-corrected chi connectivity index (χ3v) is 6.84. The van der Waals surface area contributed by atoms with Crippen molar-refractivity contribution in [3.63, 3.8) is 0 Å². The Morgan fingerprint density at radius 2 is 1.82 bits per heavy atom. The molecular formula is C18H28BN3O5S. The zero-order valence-electron chi connectivity index (χ0n) is 16.9. The first-order chi connectivity index (χ1) is 13.1. The summed E-state index contributed by atoms with van der Waals surface area (Å²) < 4.78 is 40.2. The minimum absolute atomic E-state index is 0.0934. The van der Waals surface area contributed by atoms with Crippen molar-refractivity contribution in [1.82, 2.24) is 9.88 Å². The number of hydrogen-bond acceptors (Lipinski definition) is 8. The van der Waals surface area contributed by atoms with Crippen LogP contribution in [-0.2, 0) is 24.7 Å². The molecule has 1 aromatic heterocycles. The van der Waals surface area contributed by atoms with E-state index >= 15 is 0 Å². The molecule has 4 rings (SSSR count). The fourth-order valence-electron chi connectivity index (χ4n) is 4.00. The molecule has 0 unspecified atom stereocenters. The molecule has 3 saturated heterocycles. The number of morpholine rings is 1. The summed E-state index contributed by atoms with van der Waals surface area (Å²) in [4.78, 5) is 8.64. The Bertz CT molecular complexity index is 801. The Balaban J connectivity index is 1.46. The summed E-state index contributed by atoms with van der Waals surface area (Å²) in [5.41, 5.74) is -0.141. The number of pyridine rings is 1. The summed E-state index contributed by atoms with van der Waals surface area (Å²) in [5.74, 6) is 0.957. The van der Waals surface area contributed by atoms with Gasteiger partial charge in [-0.25, -0.2) is 13.4 Å². The van der Waals surface area contributed by atoms with Gasteiger partial charge in [0.25, 0.3) is 0 Å². The smallest absolute Gasteiger partial charge is 0.399 e. The number of anilines is 1. The fraction of sp³-hybridized carbons (Fsp3) is 0.722. The van der Waals surface area contributed by atoms with E-state index in [0.717, 1.165) is 17.8 Å². The zero-order valence-corrected chi connectivity index (χ0v) is 17.8. The zero-order chi connectivity index (χ0) is 20.2. The van der Waals surface area contributed by atoms with Crippen molar-refractivity contribution in [2.45, 2.75) is 44.5 Å². The number of nitrogens with zero attached hydrogens (tertiary/aromatic N) is 3. The molecule has 28 heavy (non-hydrogen) atoms. The molecule has 0 radical (unpaired) electrons. The van der Waals surface area contributed by atoms with Gasteiger partial charge >= 0.3 is 7.12 Å². The first kappa shape index (κ1) is 20.1. The van der Waals surface area contributed by atoms with Crippen LogP contribution in [0.5, 0.6) is 0 Å². The van der Waals surface area contributed by atoms with Gasteiger partial charge in [-0.15, -0.1) is 0 Å². The van der Waals surface area contributed by atoms with Crippen LogP contribution in [0.1, 0.15) is 27.7 Å². The maximum absolute atomic E-state index is 10.9. The van der Waals surface area contributed by atoms with Crippen molar-refractivity contribution in [3.05, 3.63) is 18.3 Å². The lowest BCUT2D eigenvalue weighted by atomic mass is 9.79. The first-order valence-electron chi connectivity index (χ1n) is 9.64. The van der Waals surface area contributed by atoms with Crippen LogP contribution < -0.4 is 10.4 Å². The molecule has 4 heterocycles. The Morgan fingerprint density at radius 3 is 2.46 bits per heavy atom. The third-order valence-electron chi connectivity index (χ3n) is 6.21. The second-order valence-electron chi connectivity index (χ2n) is 8.95.